The van der Waals surface area contributed by atoms with Crippen molar-refractivity contribution >= 4 is 29.3 Å². The quantitative estimate of drug-likeness (QED) is 0.491. The number of carbonyl (C=O) groups is 1. The number of carbonyl (C=O) groups excluding carboxylic acids is 1. The minimum atomic E-state index is 0.189. The van der Waals surface area contributed by atoms with Crippen molar-refractivity contribution in [3.05, 3.63) is 70.8 Å². The summed E-state index contributed by atoms with van der Waals surface area (Å²) in [4.78, 5) is 17.4. The molecule has 0 aromatic heterocycles. The van der Waals surface area contributed by atoms with E-state index >= 15 is 0 Å². The number of ketones is 1. The molecule has 1 saturated carbocycles. The fourth-order valence-corrected chi connectivity index (χ4v) is 3.96. The smallest absolute Gasteiger partial charge is 0.185 e. The van der Waals surface area contributed by atoms with Crippen molar-refractivity contribution in [2.75, 3.05) is 37.0 Å². The molecule has 2 aromatic rings. The molecule has 3 rings (SSSR count). The van der Waals surface area contributed by atoms with E-state index in [1.54, 1.807) is 0 Å². The van der Waals surface area contributed by atoms with Gasteiger partial charge in [-0.15, -0.1) is 0 Å². The predicted octanol–water partition coefficient (Wildman–Crippen LogP) is 6.21. The van der Waals surface area contributed by atoms with Crippen LogP contribution in [0.1, 0.15) is 50.7 Å². The summed E-state index contributed by atoms with van der Waals surface area (Å²) in [5.41, 5.74) is 6.44. The fraction of sp³-hybridized carbons (Fsp3) is 0.370. The van der Waals surface area contributed by atoms with E-state index in [2.05, 4.69) is 98.4 Å². The predicted molar refractivity (Wildman–Crippen MR) is 130 cm³/mol. The lowest BCUT2D eigenvalue weighted by molar-refractivity contribution is -0.111. The second kappa shape index (κ2) is 10.3. The highest BCUT2D eigenvalue weighted by atomic mass is 16.1. The van der Waals surface area contributed by atoms with Crippen LogP contribution in [-0.2, 0) is 4.79 Å². The maximum absolute atomic E-state index is 12.9. The summed E-state index contributed by atoms with van der Waals surface area (Å²) in [6.07, 6.45) is 8.00. The van der Waals surface area contributed by atoms with Crippen molar-refractivity contribution in [2.24, 2.45) is 0 Å². The van der Waals surface area contributed by atoms with Gasteiger partial charge in [0.05, 0.1) is 0 Å². The number of hydrogen-bond acceptors (Lipinski definition) is 3. The molecule has 3 heteroatoms. The molecule has 3 nitrogen and oxygen atoms in total. The summed E-state index contributed by atoms with van der Waals surface area (Å²) < 4.78 is 0. The van der Waals surface area contributed by atoms with Gasteiger partial charge >= 0.3 is 0 Å². The van der Waals surface area contributed by atoms with Crippen LogP contribution >= 0.6 is 0 Å². The van der Waals surface area contributed by atoms with Gasteiger partial charge in [-0.1, -0.05) is 38.1 Å². The van der Waals surface area contributed by atoms with Crippen LogP contribution in [-0.4, -0.2) is 33.0 Å². The van der Waals surface area contributed by atoms with E-state index in [1.165, 1.54) is 11.4 Å². The summed E-state index contributed by atoms with van der Waals surface area (Å²) in [5, 5.41) is 0. The highest BCUT2D eigenvalue weighted by molar-refractivity contribution is 6.15. The first kappa shape index (κ1) is 21.9. The van der Waals surface area contributed by atoms with E-state index in [-0.39, 0.29) is 5.78 Å². The summed E-state index contributed by atoms with van der Waals surface area (Å²) in [7, 11) is 4.23. The van der Waals surface area contributed by atoms with Crippen LogP contribution in [0.4, 0.5) is 11.4 Å². The molecule has 0 bridgehead atoms. The monoisotopic (exact) mass is 402 g/mol. The number of rotatable bonds is 8. The van der Waals surface area contributed by atoms with Gasteiger partial charge in [0.15, 0.2) is 5.78 Å². The topological polar surface area (TPSA) is 23.6 Å². The zero-order valence-electron chi connectivity index (χ0n) is 18.8. The number of anilines is 2. The molecular formula is C27H34N2O. The molecule has 0 aliphatic heterocycles. The van der Waals surface area contributed by atoms with Gasteiger partial charge in [0.1, 0.15) is 0 Å². The first-order valence-electron chi connectivity index (χ1n) is 11.1. The van der Waals surface area contributed by atoms with Crippen LogP contribution in [0.25, 0.3) is 12.2 Å². The first-order valence-corrected chi connectivity index (χ1v) is 11.1. The number of Topliss-reactive ketones (excluding diaryl/α,β-unsaturated/α-hetero) is 1. The third-order valence-corrected chi connectivity index (χ3v) is 5.71. The summed E-state index contributed by atoms with van der Waals surface area (Å²) >= 11 is 0. The van der Waals surface area contributed by atoms with Crippen molar-refractivity contribution in [1.82, 2.24) is 0 Å². The average molecular weight is 403 g/mol. The number of allylic oxidation sites excluding steroid dienone is 2. The summed E-state index contributed by atoms with van der Waals surface area (Å²) in [6, 6.07) is 17.0. The molecule has 0 saturated heterocycles. The van der Waals surface area contributed by atoms with Crippen molar-refractivity contribution in [3.63, 3.8) is 0 Å². The molecule has 0 heterocycles. The van der Waals surface area contributed by atoms with Crippen molar-refractivity contribution in [3.8, 4) is 0 Å². The molecule has 1 aliphatic rings. The molecule has 0 radical (unpaired) electrons. The van der Waals surface area contributed by atoms with Gasteiger partial charge in [-0.05, 0) is 73.2 Å². The zero-order valence-corrected chi connectivity index (χ0v) is 18.8. The summed E-state index contributed by atoms with van der Waals surface area (Å²) in [5.74, 6) is 0.189. The Morgan fingerprint density at radius 3 is 1.40 bits per heavy atom. The molecular weight excluding hydrogens is 368 g/mol. The zero-order chi connectivity index (χ0) is 21.5. The Morgan fingerprint density at radius 2 is 1.07 bits per heavy atom. The van der Waals surface area contributed by atoms with Crippen molar-refractivity contribution in [1.29, 1.82) is 0 Å². The van der Waals surface area contributed by atoms with E-state index in [1.807, 2.05) is 0 Å². The molecule has 0 amide bonds. The maximum atomic E-state index is 12.9. The number of benzene rings is 2. The lowest BCUT2D eigenvalue weighted by atomic mass is 10.1. The fourth-order valence-electron chi connectivity index (χ4n) is 3.96. The van der Waals surface area contributed by atoms with Crippen molar-refractivity contribution in [2.45, 2.75) is 39.5 Å². The minimum Gasteiger partial charge on any atom is -0.375 e. The molecule has 0 atom stereocenters. The Balaban J connectivity index is 1.69. The van der Waals surface area contributed by atoms with Gasteiger partial charge in [-0.25, -0.2) is 0 Å². The Morgan fingerprint density at radius 1 is 0.700 bits per heavy atom. The van der Waals surface area contributed by atoms with E-state index in [9.17, 15) is 4.79 Å². The van der Waals surface area contributed by atoms with E-state index in [0.717, 1.165) is 61.0 Å². The van der Waals surface area contributed by atoms with Gasteiger partial charge in [-0.2, -0.15) is 0 Å². The van der Waals surface area contributed by atoms with Crippen LogP contribution in [0.5, 0.6) is 0 Å². The van der Waals surface area contributed by atoms with Crippen LogP contribution < -0.4 is 9.80 Å². The number of hydrogen-bond donors (Lipinski definition) is 0. The Bertz CT molecular complexity index is 831. The normalized spacial score (nSPS) is 16.5. The Labute approximate surface area is 181 Å². The molecule has 1 fully saturated rings. The van der Waals surface area contributed by atoms with Crippen LogP contribution in [0, 0.1) is 0 Å². The Kier molecular flexibility index (Phi) is 7.51. The van der Waals surface area contributed by atoms with Crippen LogP contribution in [0.3, 0.4) is 0 Å². The minimum absolute atomic E-state index is 0.189. The maximum Gasteiger partial charge on any atom is 0.185 e. The van der Waals surface area contributed by atoms with Gasteiger partial charge in [0, 0.05) is 49.7 Å². The van der Waals surface area contributed by atoms with Gasteiger partial charge in [0.25, 0.3) is 0 Å². The van der Waals surface area contributed by atoms with Gasteiger partial charge < -0.3 is 9.80 Å². The van der Waals surface area contributed by atoms with Crippen LogP contribution in [0.15, 0.2) is 59.7 Å². The van der Waals surface area contributed by atoms with Gasteiger partial charge in [0.2, 0.25) is 0 Å². The molecule has 0 N–H and O–H groups in total. The molecule has 30 heavy (non-hydrogen) atoms. The molecule has 0 spiro atoms. The number of nitrogens with zero attached hydrogens (tertiary/aromatic N) is 2. The van der Waals surface area contributed by atoms with Crippen LogP contribution in [0.2, 0.25) is 0 Å². The second-order valence-corrected chi connectivity index (χ2v) is 8.19. The third kappa shape index (κ3) is 5.41. The molecule has 0 unspecified atom stereocenters. The largest absolute Gasteiger partial charge is 0.375 e. The lowest BCUT2D eigenvalue weighted by Gasteiger charge is -2.18. The lowest BCUT2D eigenvalue weighted by Crippen LogP contribution is -2.17. The Hall–Kier alpha value is -2.81. The second-order valence-electron chi connectivity index (χ2n) is 8.19. The van der Waals surface area contributed by atoms with Crippen molar-refractivity contribution < 1.29 is 4.79 Å². The van der Waals surface area contributed by atoms with E-state index < -0.39 is 0 Å². The third-order valence-electron chi connectivity index (χ3n) is 5.71. The average Bonchev–Trinajstić information content (AvgIpc) is 3.09. The SMILES string of the molecule is CCCN(C)c1ccc(C=C2CCC(=Cc3ccc(N(C)CCC)cc3)C2=O)cc1. The highest BCUT2D eigenvalue weighted by Crippen LogP contribution is 2.30. The first-order chi connectivity index (χ1) is 14.5. The standard InChI is InChI=1S/C27H34N2O/c1-5-17-28(3)25-13-7-21(8-14-25)19-23-11-12-24(27(23)30)20-22-9-15-26(16-10-22)29(4)18-6-2/h7-10,13-16,19-20H,5-6,11-12,17-18H2,1-4H3. The van der Waals surface area contributed by atoms with E-state index in [0.29, 0.717) is 0 Å². The molecule has 158 valence electrons. The molecule has 2 aromatic carbocycles. The highest BCUT2D eigenvalue weighted by Gasteiger charge is 2.22. The molecule has 1 aliphatic carbocycles. The summed E-state index contributed by atoms with van der Waals surface area (Å²) in [6.45, 7) is 6.46. The van der Waals surface area contributed by atoms with Gasteiger partial charge in [-0.3, -0.25) is 4.79 Å². The van der Waals surface area contributed by atoms with E-state index in [4.69, 9.17) is 0 Å².